The van der Waals surface area contributed by atoms with Gasteiger partial charge in [-0.3, -0.25) is 0 Å². The molecule has 0 bridgehead atoms. The van der Waals surface area contributed by atoms with Gasteiger partial charge in [0.15, 0.2) is 0 Å². The molecule has 1 aliphatic carbocycles. The third-order valence-electron chi connectivity index (χ3n) is 4.12. The van der Waals surface area contributed by atoms with Crippen molar-refractivity contribution in [1.29, 1.82) is 0 Å². The molecule has 1 N–H and O–H groups in total. The van der Waals surface area contributed by atoms with E-state index in [0.717, 1.165) is 30.9 Å². The number of hydrogen-bond acceptors (Lipinski definition) is 3. The zero-order chi connectivity index (χ0) is 19.3. The third-order valence-corrected chi connectivity index (χ3v) is 4.12. The molecule has 3 rings (SSSR count). The van der Waals surface area contributed by atoms with Crippen LogP contribution in [0.5, 0.6) is 5.75 Å². The number of hydrogen-bond donors (Lipinski definition) is 1. The van der Waals surface area contributed by atoms with Crippen LogP contribution in [-0.4, -0.2) is 20.8 Å². The van der Waals surface area contributed by atoms with Crippen molar-refractivity contribution in [3.05, 3.63) is 67.7 Å². The van der Waals surface area contributed by atoms with Gasteiger partial charge in [-0.15, -0.1) is 0 Å². The SMILES string of the molecule is COC1=CCC2(C=C1)CCNc1ccc(OC)cc12.[C-]#[O+].[C-]#[O+].[C-]#[O+].[Fe]. The molecule has 0 radical (unpaired) electrons. The van der Waals surface area contributed by atoms with Crippen molar-refractivity contribution in [2.24, 2.45) is 0 Å². The molecular weight excluding hydrogens is 378 g/mol. The van der Waals surface area contributed by atoms with Gasteiger partial charge in [0.05, 0.1) is 14.2 Å². The van der Waals surface area contributed by atoms with Crippen molar-refractivity contribution < 1.29 is 40.5 Å². The summed E-state index contributed by atoms with van der Waals surface area (Å²) in [6.45, 7) is 14.5. The molecule has 1 aliphatic heterocycles. The smallest absolute Gasteiger partial charge is 0 e. The number of ether oxygens (including phenoxy) is 2. The largest absolute Gasteiger partial charge is 0 e. The van der Waals surface area contributed by atoms with E-state index in [2.05, 4.69) is 55.6 Å². The Bertz CT molecular complexity index is 664. The van der Waals surface area contributed by atoms with Crippen molar-refractivity contribution in [3.8, 4) is 5.75 Å². The Kier molecular flexibility index (Phi) is 14.1. The fourth-order valence-corrected chi connectivity index (χ4v) is 2.97. The Morgan fingerprint density at radius 2 is 1.69 bits per heavy atom. The molecule has 7 heteroatoms. The Morgan fingerprint density at radius 3 is 2.19 bits per heavy atom. The zero-order valence-electron chi connectivity index (χ0n) is 14.5. The third kappa shape index (κ3) is 5.98. The van der Waals surface area contributed by atoms with E-state index in [9.17, 15) is 0 Å². The van der Waals surface area contributed by atoms with Gasteiger partial charge in [0.25, 0.3) is 0 Å². The molecular formula is C19H19FeNO5. The number of nitrogens with one attached hydrogen (secondary N) is 1. The van der Waals surface area contributed by atoms with Gasteiger partial charge in [0, 0.05) is 34.7 Å². The predicted octanol–water partition coefficient (Wildman–Crippen LogP) is 3.12. The van der Waals surface area contributed by atoms with Crippen molar-refractivity contribution in [1.82, 2.24) is 0 Å². The molecule has 138 valence electrons. The van der Waals surface area contributed by atoms with Crippen LogP contribution in [0, 0.1) is 20.0 Å². The van der Waals surface area contributed by atoms with Crippen LogP contribution in [0.4, 0.5) is 5.69 Å². The second kappa shape index (κ2) is 14.1. The molecule has 1 atom stereocenters. The minimum Gasteiger partial charge on any atom is 0 e. The van der Waals surface area contributed by atoms with Crippen molar-refractivity contribution in [2.75, 3.05) is 26.1 Å². The second-order valence-electron chi connectivity index (χ2n) is 5.09. The standard InChI is InChI=1S/C16H19NO2.3CO.Fe/c1-18-12-5-7-16(8-6-12)9-10-17-15-4-3-13(19-2)11-14(15)16;3*1-2;/h3-7,11,17H,8-10H2,1-2H3;;;;. The first-order chi connectivity index (χ1) is 12.3. The van der Waals surface area contributed by atoms with E-state index in [1.165, 1.54) is 11.3 Å². The van der Waals surface area contributed by atoms with Crippen LogP contribution in [0.15, 0.2) is 42.2 Å². The zero-order valence-corrected chi connectivity index (χ0v) is 15.6. The summed E-state index contributed by atoms with van der Waals surface area (Å²) in [5.41, 5.74) is 2.61. The van der Waals surface area contributed by atoms with Crippen LogP contribution in [0.3, 0.4) is 0 Å². The van der Waals surface area contributed by atoms with Crippen LogP contribution in [0.2, 0.25) is 0 Å². The predicted molar refractivity (Wildman–Crippen MR) is 88.4 cm³/mol. The fraction of sp³-hybridized carbons (Fsp3) is 0.316. The maximum absolute atomic E-state index is 7.50. The Morgan fingerprint density at radius 1 is 1.04 bits per heavy atom. The molecule has 0 saturated carbocycles. The van der Waals surface area contributed by atoms with Crippen LogP contribution in [-0.2, 0) is 41.2 Å². The average Bonchev–Trinajstić information content (AvgIpc) is 2.73. The molecule has 0 saturated heterocycles. The maximum atomic E-state index is 7.50. The molecule has 0 aromatic heterocycles. The van der Waals surface area contributed by atoms with E-state index in [1.54, 1.807) is 14.2 Å². The second-order valence-corrected chi connectivity index (χ2v) is 5.09. The van der Waals surface area contributed by atoms with Crippen LogP contribution in [0.25, 0.3) is 0 Å². The number of allylic oxidation sites excluding steroid dienone is 3. The molecule has 1 spiro atoms. The van der Waals surface area contributed by atoms with Gasteiger partial charge in [0.2, 0.25) is 0 Å². The molecule has 1 unspecified atom stereocenters. The molecule has 26 heavy (non-hydrogen) atoms. The molecule has 1 aromatic rings. The van der Waals surface area contributed by atoms with Gasteiger partial charge in [-0.2, -0.15) is 0 Å². The van der Waals surface area contributed by atoms with Gasteiger partial charge in [0.1, 0.15) is 11.5 Å². The van der Waals surface area contributed by atoms with E-state index < -0.39 is 0 Å². The summed E-state index contributed by atoms with van der Waals surface area (Å²) in [6.07, 6.45) is 8.61. The van der Waals surface area contributed by atoms with Crippen LogP contribution < -0.4 is 10.1 Å². The first kappa shape index (κ1) is 26.1. The Hall–Kier alpha value is -2.16. The van der Waals surface area contributed by atoms with Crippen molar-refractivity contribution in [2.45, 2.75) is 18.3 Å². The van der Waals surface area contributed by atoms with Gasteiger partial charge in [-0.1, -0.05) is 6.08 Å². The first-order valence-corrected chi connectivity index (χ1v) is 7.24. The van der Waals surface area contributed by atoms with E-state index in [-0.39, 0.29) is 22.5 Å². The first-order valence-electron chi connectivity index (χ1n) is 7.24. The van der Waals surface area contributed by atoms with Crippen LogP contribution in [0.1, 0.15) is 18.4 Å². The van der Waals surface area contributed by atoms with Gasteiger partial charge >= 0.3 is 33.9 Å². The maximum Gasteiger partial charge on any atom is 0 e. The average molecular weight is 397 g/mol. The van der Waals surface area contributed by atoms with Crippen LogP contribution >= 0.6 is 0 Å². The number of benzene rings is 1. The minimum atomic E-state index is 0. The molecule has 0 fully saturated rings. The summed E-state index contributed by atoms with van der Waals surface area (Å²) < 4.78 is 33.2. The van der Waals surface area contributed by atoms with Crippen molar-refractivity contribution >= 4 is 5.69 Å². The Labute approximate surface area is 164 Å². The van der Waals surface area contributed by atoms with Gasteiger partial charge in [-0.25, -0.2) is 0 Å². The number of anilines is 1. The Balaban J connectivity index is 0. The molecule has 1 aromatic carbocycles. The van der Waals surface area contributed by atoms with E-state index in [4.69, 9.17) is 23.4 Å². The minimum absolute atomic E-state index is 0. The number of rotatable bonds is 2. The quantitative estimate of drug-likeness (QED) is 0.472. The van der Waals surface area contributed by atoms with Gasteiger partial charge in [-0.05, 0) is 48.8 Å². The van der Waals surface area contributed by atoms with E-state index >= 15 is 0 Å². The van der Waals surface area contributed by atoms with Crippen molar-refractivity contribution in [3.63, 3.8) is 0 Å². The number of fused-ring (bicyclic) bond motifs is 2. The van der Waals surface area contributed by atoms with E-state index in [0.29, 0.717) is 0 Å². The normalized spacial score (nSPS) is 18.1. The molecule has 2 aliphatic rings. The fourth-order valence-electron chi connectivity index (χ4n) is 2.97. The summed E-state index contributed by atoms with van der Waals surface area (Å²) >= 11 is 0. The summed E-state index contributed by atoms with van der Waals surface area (Å²) in [7, 11) is 3.43. The number of methoxy groups -OCH3 is 2. The monoisotopic (exact) mass is 397 g/mol. The topological polar surface area (TPSA) is 90.2 Å². The summed E-state index contributed by atoms with van der Waals surface area (Å²) in [5.74, 6) is 1.87. The molecule has 0 amide bonds. The summed E-state index contributed by atoms with van der Waals surface area (Å²) in [4.78, 5) is 0. The van der Waals surface area contributed by atoms with Gasteiger partial charge < -0.3 is 14.8 Å². The summed E-state index contributed by atoms with van der Waals surface area (Å²) in [6, 6.07) is 6.27. The molecule has 1 heterocycles. The van der Waals surface area contributed by atoms with E-state index in [1.807, 2.05) is 6.07 Å². The molecule has 6 nitrogen and oxygen atoms in total. The summed E-state index contributed by atoms with van der Waals surface area (Å²) in [5, 5.41) is 3.47.